The summed E-state index contributed by atoms with van der Waals surface area (Å²) in [5.74, 6) is 0. The van der Waals surface area contributed by atoms with Crippen molar-refractivity contribution in [3.63, 3.8) is 0 Å². The van der Waals surface area contributed by atoms with Crippen LogP contribution in [0.1, 0.15) is 6.92 Å². The van der Waals surface area contributed by atoms with E-state index in [9.17, 15) is 4.79 Å². The predicted octanol–water partition coefficient (Wildman–Crippen LogP) is 3.19. The molecule has 1 unspecified atom stereocenters. The van der Waals surface area contributed by atoms with Gasteiger partial charge in [-0.05, 0) is 0 Å². The molecule has 2 nitrogen and oxygen atoms in total. The van der Waals surface area contributed by atoms with Gasteiger partial charge in [-0.15, -0.1) is 0 Å². The van der Waals surface area contributed by atoms with Gasteiger partial charge in [0.25, 0.3) is 0 Å². The van der Waals surface area contributed by atoms with Gasteiger partial charge in [0.2, 0.25) is 0 Å². The molecule has 0 spiro atoms. The monoisotopic (exact) mass is 349 g/mol. The summed E-state index contributed by atoms with van der Waals surface area (Å²) in [6, 6.07) is 31.8. The first-order chi connectivity index (χ1) is 12.3. The van der Waals surface area contributed by atoms with E-state index in [0.29, 0.717) is 0 Å². The van der Waals surface area contributed by atoms with Gasteiger partial charge in [-0.2, -0.15) is 0 Å². The van der Waals surface area contributed by atoms with E-state index in [4.69, 9.17) is 4.74 Å². The van der Waals surface area contributed by atoms with Crippen LogP contribution in [0, 0.1) is 0 Å². The van der Waals surface area contributed by atoms with Crippen LogP contribution in [0.3, 0.4) is 0 Å². The molecule has 1 radical (unpaired) electrons. The minimum atomic E-state index is -2.33. The van der Waals surface area contributed by atoms with Crippen molar-refractivity contribution in [2.75, 3.05) is 6.16 Å². The number of benzene rings is 3. The van der Waals surface area contributed by atoms with Gasteiger partial charge >= 0.3 is 149 Å². The van der Waals surface area contributed by atoms with Gasteiger partial charge in [0, 0.05) is 0 Å². The molecule has 0 saturated carbocycles. The molecular weight excluding hydrogens is 327 g/mol. The zero-order chi connectivity index (χ0) is 17.5. The third-order valence-corrected chi connectivity index (χ3v) is 9.79. The number of hydrogen-bond donors (Lipinski definition) is 0. The van der Waals surface area contributed by atoms with E-state index in [1.165, 1.54) is 15.9 Å². The van der Waals surface area contributed by atoms with Crippen molar-refractivity contribution in [2.24, 2.45) is 0 Å². The molecule has 3 rings (SSSR count). The topological polar surface area (TPSA) is 26.3 Å². The molecule has 0 aliphatic rings. The van der Waals surface area contributed by atoms with E-state index < -0.39 is 7.26 Å². The van der Waals surface area contributed by atoms with Crippen LogP contribution in [0.4, 0.5) is 0 Å². The van der Waals surface area contributed by atoms with Crippen molar-refractivity contribution in [1.29, 1.82) is 0 Å². The number of rotatable bonds is 7. The molecule has 3 heteroatoms. The SMILES string of the molecule is CC(C[PH](c1ccccc1)(c1ccccc1)c1ccccc1)O[C]=O. The molecule has 0 aliphatic carbocycles. The molecule has 0 aromatic heterocycles. The second-order valence-electron chi connectivity index (χ2n) is 6.22. The fraction of sp³-hybridized carbons (Fsp3) is 0.136. The first-order valence-electron chi connectivity index (χ1n) is 8.47. The molecule has 0 fully saturated rings. The first-order valence-corrected chi connectivity index (χ1v) is 10.7. The molecule has 3 aromatic rings. The van der Waals surface area contributed by atoms with Crippen LogP contribution in [0.2, 0.25) is 0 Å². The van der Waals surface area contributed by atoms with Crippen molar-refractivity contribution in [2.45, 2.75) is 13.0 Å². The van der Waals surface area contributed by atoms with Crippen LogP contribution in [0.15, 0.2) is 91.0 Å². The second-order valence-corrected chi connectivity index (χ2v) is 10.2. The molecule has 0 heterocycles. The van der Waals surface area contributed by atoms with E-state index in [0.717, 1.165) is 6.16 Å². The van der Waals surface area contributed by atoms with E-state index >= 15 is 0 Å². The quantitative estimate of drug-likeness (QED) is 0.613. The van der Waals surface area contributed by atoms with Crippen molar-refractivity contribution in [1.82, 2.24) is 0 Å². The normalized spacial score (nSPS) is 13.0. The van der Waals surface area contributed by atoms with Crippen LogP contribution in [-0.2, 0) is 9.53 Å². The summed E-state index contributed by atoms with van der Waals surface area (Å²) < 4.78 is 5.19. The van der Waals surface area contributed by atoms with E-state index in [-0.39, 0.29) is 6.10 Å². The van der Waals surface area contributed by atoms with E-state index in [1.54, 1.807) is 6.47 Å². The number of ether oxygens (including phenoxy) is 1. The van der Waals surface area contributed by atoms with Crippen molar-refractivity contribution < 1.29 is 9.53 Å². The van der Waals surface area contributed by atoms with Gasteiger partial charge in [-0.3, -0.25) is 0 Å². The Kier molecular flexibility index (Phi) is 5.63. The average molecular weight is 349 g/mol. The van der Waals surface area contributed by atoms with Crippen molar-refractivity contribution in [3.05, 3.63) is 91.0 Å². The average Bonchev–Trinajstić information content (AvgIpc) is 2.68. The maximum absolute atomic E-state index is 10.8. The molecule has 1 atom stereocenters. The van der Waals surface area contributed by atoms with Crippen LogP contribution >= 0.6 is 7.26 Å². The molecule has 25 heavy (non-hydrogen) atoms. The number of carbonyl (C=O) groups excluding carboxylic acids is 1. The van der Waals surface area contributed by atoms with E-state index in [2.05, 4.69) is 72.8 Å². The Labute approximate surface area is 149 Å². The summed E-state index contributed by atoms with van der Waals surface area (Å²) in [4.78, 5) is 10.8. The van der Waals surface area contributed by atoms with Crippen LogP contribution in [-0.4, -0.2) is 18.7 Å². The van der Waals surface area contributed by atoms with Gasteiger partial charge in [0.05, 0.1) is 0 Å². The predicted molar refractivity (Wildman–Crippen MR) is 108 cm³/mol. The third kappa shape index (κ3) is 3.65. The van der Waals surface area contributed by atoms with Crippen LogP contribution in [0.25, 0.3) is 0 Å². The summed E-state index contributed by atoms with van der Waals surface area (Å²) >= 11 is 0. The van der Waals surface area contributed by atoms with Crippen molar-refractivity contribution >= 4 is 29.6 Å². The Morgan fingerprint density at radius 2 is 1.12 bits per heavy atom. The van der Waals surface area contributed by atoms with Gasteiger partial charge in [0.1, 0.15) is 0 Å². The van der Waals surface area contributed by atoms with Crippen LogP contribution < -0.4 is 15.9 Å². The van der Waals surface area contributed by atoms with Crippen molar-refractivity contribution in [3.8, 4) is 0 Å². The fourth-order valence-corrected chi connectivity index (χ4v) is 8.51. The fourth-order valence-electron chi connectivity index (χ4n) is 3.58. The summed E-state index contributed by atoms with van der Waals surface area (Å²) in [6.07, 6.45) is 0.574. The molecular formula is C22H22O2P. The van der Waals surface area contributed by atoms with Crippen LogP contribution in [0.5, 0.6) is 0 Å². The molecule has 127 valence electrons. The summed E-state index contributed by atoms with van der Waals surface area (Å²) in [5.41, 5.74) is 0. The molecule has 0 aliphatic heterocycles. The Hall–Kier alpha value is -2.44. The summed E-state index contributed by atoms with van der Waals surface area (Å²) in [5, 5.41) is 3.94. The van der Waals surface area contributed by atoms with Gasteiger partial charge < -0.3 is 0 Å². The van der Waals surface area contributed by atoms with E-state index in [1.807, 2.05) is 25.1 Å². The first kappa shape index (κ1) is 17.4. The second kappa shape index (κ2) is 8.09. The minimum absolute atomic E-state index is 0.204. The maximum atomic E-state index is 10.8. The Balaban J connectivity index is 2.25. The third-order valence-electron chi connectivity index (χ3n) is 4.64. The number of hydrogen-bond acceptors (Lipinski definition) is 2. The molecule has 0 bridgehead atoms. The Morgan fingerprint density at radius 3 is 1.44 bits per heavy atom. The Morgan fingerprint density at radius 1 is 0.760 bits per heavy atom. The summed E-state index contributed by atoms with van der Waals surface area (Å²) in [6.45, 7) is 3.56. The standard InChI is InChI=1S/C22H22O2P/c1-19(24-18-23)17-25(20-11-5-2-6-12-20,21-13-7-3-8-14-21)22-15-9-4-10-16-22/h2-16,19,25H,17H2,1H3. The molecule has 0 saturated heterocycles. The zero-order valence-electron chi connectivity index (χ0n) is 14.3. The molecule has 0 N–H and O–H groups in total. The molecule has 0 amide bonds. The zero-order valence-corrected chi connectivity index (χ0v) is 15.3. The van der Waals surface area contributed by atoms with Gasteiger partial charge in [-0.25, -0.2) is 0 Å². The van der Waals surface area contributed by atoms with Gasteiger partial charge in [-0.1, -0.05) is 0 Å². The Bertz CT molecular complexity index is 691. The van der Waals surface area contributed by atoms with Gasteiger partial charge in [0.15, 0.2) is 0 Å². The summed E-state index contributed by atoms with van der Waals surface area (Å²) in [7, 11) is -2.33. The molecule has 3 aromatic carbocycles.